The second-order valence-electron chi connectivity index (χ2n) is 4.25. The number of aryl methyl sites for hydroxylation is 1. The van der Waals surface area contributed by atoms with E-state index in [1.807, 2.05) is 18.2 Å². The van der Waals surface area contributed by atoms with Gasteiger partial charge in [-0.05, 0) is 50.3 Å². The van der Waals surface area contributed by atoms with E-state index < -0.39 is 0 Å². The monoisotopic (exact) mass is 262 g/mol. The molecule has 0 aliphatic carbocycles. The second kappa shape index (κ2) is 9.20. The number of benzene rings is 1. The van der Waals surface area contributed by atoms with Crippen LogP contribution in [0.15, 0.2) is 36.4 Å². The van der Waals surface area contributed by atoms with Gasteiger partial charge < -0.3 is 9.47 Å². The molecule has 19 heavy (non-hydrogen) atoms. The molecule has 0 unspecified atom stereocenters. The molecule has 0 N–H and O–H groups in total. The summed E-state index contributed by atoms with van der Waals surface area (Å²) < 4.78 is 9.92. The quantitative estimate of drug-likeness (QED) is 0.408. The maximum Gasteiger partial charge on any atom is 0.330 e. The van der Waals surface area contributed by atoms with Crippen LogP contribution in [0.5, 0.6) is 5.75 Å². The van der Waals surface area contributed by atoms with E-state index >= 15 is 0 Å². The van der Waals surface area contributed by atoms with Crippen molar-refractivity contribution < 1.29 is 14.3 Å². The SMILES string of the molecule is CCOC(=O)C=CCCCCc1ccc(OC)cc1. The van der Waals surface area contributed by atoms with Crippen LogP contribution in [0.25, 0.3) is 0 Å². The summed E-state index contributed by atoms with van der Waals surface area (Å²) in [6, 6.07) is 8.15. The van der Waals surface area contributed by atoms with E-state index in [1.165, 1.54) is 11.6 Å². The molecule has 0 heterocycles. The van der Waals surface area contributed by atoms with Gasteiger partial charge in [-0.15, -0.1) is 0 Å². The molecule has 0 amide bonds. The minimum atomic E-state index is -0.252. The van der Waals surface area contributed by atoms with E-state index in [2.05, 4.69) is 12.1 Å². The summed E-state index contributed by atoms with van der Waals surface area (Å²) in [5, 5.41) is 0. The average molecular weight is 262 g/mol. The lowest BCUT2D eigenvalue weighted by Gasteiger charge is -2.02. The third-order valence-electron chi connectivity index (χ3n) is 2.79. The average Bonchev–Trinajstić information content (AvgIpc) is 2.43. The van der Waals surface area contributed by atoms with Gasteiger partial charge in [0, 0.05) is 6.08 Å². The first-order valence-electron chi connectivity index (χ1n) is 6.72. The maximum absolute atomic E-state index is 11.0. The predicted octanol–water partition coefficient (Wildman–Crippen LogP) is 3.53. The Morgan fingerprint density at radius 2 is 1.95 bits per heavy atom. The summed E-state index contributed by atoms with van der Waals surface area (Å²) >= 11 is 0. The van der Waals surface area contributed by atoms with E-state index in [9.17, 15) is 4.79 Å². The fraction of sp³-hybridized carbons (Fsp3) is 0.438. The van der Waals surface area contributed by atoms with Gasteiger partial charge >= 0.3 is 5.97 Å². The molecule has 0 spiro atoms. The van der Waals surface area contributed by atoms with Gasteiger partial charge in [-0.2, -0.15) is 0 Å². The lowest BCUT2D eigenvalue weighted by atomic mass is 10.1. The highest BCUT2D eigenvalue weighted by molar-refractivity contribution is 5.81. The van der Waals surface area contributed by atoms with Gasteiger partial charge in [-0.1, -0.05) is 18.2 Å². The molecule has 0 fully saturated rings. The molecule has 0 atom stereocenters. The summed E-state index contributed by atoms with van der Waals surface area (Å²) in [7, 11) is 1.67. The first-order valence-corrected chi connectivity index (χ1v) is 6.72. The summed E-state index contributed by atoms with van der Waals surface area (Å²) in [5.41, 5.74) is 1.31. The highest BCUT2D eigenvalue weighted by atomic mass is 16.5. The normalized spacial score (nSPS) is 10.6. The third kappa shape index (κ3) is 6.65. The highest BCUT2D eigenvalue weighted by Gasteiger charge is 1.95. The standard InChI is InChI=1S/C16H22O3/c1-3-19-16(17)9-7-5-4-6-8-14-10-12-15(18-2)13-11-14/h7,9-13H,3-6,8H2,1-2H3. The Hall–Kier alpha value is -1.77. The molecule has 3 heteroatoms. The van der Waals surface area contributed by atoms with E-state index in [0.717, 1.165) is 31.4 Å². The predicted molar refractivity (Wildman–Crippen MR) is 76.3 cm³/mol. The molecule has 1 rings (SSSR count). The van der Waals surface area contributed by atoms with Crippen LogP contribution in [0.4, 0.5) is 0 Å². The Bertz CT molecular complexity index is 393. The number of rotatable bonds is 8. The van der Waals surface area contributed by atoms with Crippen LogP contribution >= 0.6 is 0 Å². The zero-order valence-corrected chi connectivity index (χ0v) is 11.7. The first kappa shape index (κ1) is 15.3. The summed E-state index contributed by atoms with van der Waals surface area (Å²) in [6.07, 6.45) is 7.54. The zero-order valence-electron chi connectivity index (χ0n) is 11.7. The molecule has 0 bridgehead atoms. The first-order chi connectivity index (χ1) is 9.26. The number of methoxy groups -OCH3 is 1. The van der Waals surface area contributed by atoms with Gasteiger partial charge in [0.25, 0.3) is 0 Å². The summed E-state index contributed by atoms with van der Waals surface area (Å²) in [6.45, 7) is 2.24. The Balaban J connectivity index is 2.15. The lowest BCUT2D eigenvalue weighted by Crippen LogP contribution is -1.98. The maximum atomic E-state index is 11.0. The summed E-state index contributed by atoms with van der Waals surface area (Å²) in [4.78, 5) is 11.0. The Kier molecular flexibility index (Phi) is 7.40. The molecule has 3 nitrogen and oxygen atoms in total. The third-order valence-corrected chi connectivity index (χ3v) is 2.79. The number of allylic oxidation sites excluding steroid dienone is 1. The van der Waals surface area contributed by atoms with Crippen LogP contribution in [0, 0.1) is 0 Å². The van der Waals surface area contributed by atoms with Crippen LogP contribution in [-0.2, 0) is 16.0 Å². The fourth-order valence-electron chi connectivity index (χ4n) is 1.75. The Morgan fingerprint density at radius 3 is 2.58 bits per heavy atom. The summed E-state index contributed by atoms with van der Waals surface area (Å²) in [5.74, 6) is 0.638. The molecule has 0 aromatic heterocycles. The number of esters is 1. The second-order valence-corrected chi connectivity index (χ2v) is 4.25. The van der Waals surface area contributed by atoms with E-state index in [-0.39, 0.29) is 5.97 Å². The van der Waals surface area contributed by atoms with Crippen LogP contribution in [0.2, 0.25) is 0 Å². The molecule has 0 saturated carbocycles. The van der Waals surface area contributed by atoms with Gasteiger partial charge in [-0.25, -0.2) is 4.79 Å². The van der Waals surface area contributed by atoms with Crippen molar-refractivity contribution in [3.05, 3.63) is 42.0 Å². The van der Waals surface area contributed by atoms with Gasteiger partial charge in [-0.3, -0.25) is 0 Å². The van der Waals surface area contributed by atoms with Crippen LogP contribution in [0.3, 0.4) is 0 Å². The van der Waals surface area contributed by atoms with Gasteiger partial charge in [0.15, 0.2) is 0 Å². The number of carbonyl (C=O) groups excluding carboxylic acids is 1. The molecule has 104 valence electrons. The minimum Gasteiger partial charge on any atom is -0.497 e. The van der Waals surface area contributed by atoms with Gasteiger partial charge in [0.2, 0.25) is 0 Å². The molecular weight excluding hydrogens is 240 g/mol. The van der Waals surface area contributed by atoms with Crippen molar-refractivity contribution in [2.45, 2.75) is 32.6 Å². The van der Waals surface area contributed by atoms with Crippen molar-refractivity contribution >= 4 is 5.97 Å². The smallest absolute Gasteiger partial charge is 0.330 e. The Morgan fingerprint density at radius 1 is 1.21 bits per heavy atom. The molecule has 1 aromatic rings. The van der Waals surface area contributed by atoms with E-state index in [0.29, 0.717) is 6.61 Å². The van der Waals surface area contributed by atoms with Crippen LogP contribution in [0.1, 0.15) is 31.7 Å². The highest BCUT2D eigenvalue weighted by Crippen LogP contribution is 2.13. The zero-order chi connectivity index (χ0) is 13.9. The van der Waals surface area contributed by atoms with Crippen molar-refractivity contribution in [1.29, 1.82) is 0 Å². The van der Waals surface area contributed by atoms with E-state index in [1.54, 1.807) is 14.0 Å². The topological polar surface area (TPSA) is 35.5 Å². The minimum absolute atomic E-state index is 0.252. The molecule has 1 aromatic carbocycles. The molecule has 0 aliphatic rings. The van der Waals surface area contributed by atoms with Gasteiger partial charge in [0.1, 0.15) is 5.75 Å². The molecule has 0 saturated heterocycles. The van der Waals surface area contributed by atoms with Crippen molar-refractivity contribution in [2.75, 3.05) is 13.7 Å². The number of hydrogen-bond donors (Lipinski definition) is 0. The molecule has 0 radical (unpaired) electrons. The number of carbonyl (C=O) groups is 1. The van der Waals surface area contributed by atoms with Crippen molar-refractivity contribution in [2.24, 2.45) is 0 Å². The van der Waals surface area contributed by atoms with Crippen LogP contribution in [-0.4, -0.2) is 19.7 Å². The number of hydrogen-bond acceptors (Lipinski definition) is 3. The number of unbranched alkanes of at least 4 members (excludes halogenated alkanes) is 2. The molecular formula is C16H22O3. The van der Waals surface area contributed by atoms with Gasteiger partial charge in [0.05, 0.1) is 13.7 Å². The van der Waals surface area contributed by atoms with Crippen molar-refractivity contribution in [1.82, 2.24) is 0 Å². The molecule has 0 aliphatic heterocycles. The lowest BCUT2D eigenvalue weighted by molar-refractivity contribution is -0.137. The Labute approximate surface area is 115 Å². The largest absolute Gasteiger partial charge is 0.497 e. The number of ether oxygens (including phenoxy) is 2. The van der Waals surface area contributed by atoms with Crippen LogP contribution < -0.4 is 4.74 Å². The van der Waals surface area contributed by atoms with E-state index in [4.69, 9.17) is 9.47 Å². The van der Waals surface area contributed by atoms with Crippen molar-refractivity contribution in [3.8, 4) is 5.75 Å². The van der Waals surface area contributed by atoms with Crippen molar-refractivity contribution in [3.63, 3.8) is 0 Å². The fourth-order valence-corrected chi connectivity index (χ4v) is 1.75.